The quantitative estimate of drug-likeness (QED) is 0.575. The SMILES string of the molecule is CC#CCN1c2c(nc(Oc3ncccn3)n(C)c2=O)N(OC(=O)C(F)(F)F)C1N1CCNCC1. The predicted octanol–water partition coefficient (Wildman–Crippen LogP) is 0.222. The first-order valence-electron chi connectivity index (χ1n) is 10.5. The summed E-state index contributed by atoms with van der Waals surface area (Å²) in [6.45, 7) is 3.42. The molecule has 0 bridgehead atoms. The van der Waals surface area contributed by atoms with Crippen LogP contribution in [-0.2, 0) is 16.7 Å². The number of piperazine rings is 1. The van der Waals surface area contributed by atoms with Gasteiger partial charge in [-0.15, -0.1) is 11.0 Å². The van der Waals surface area contributed by atoms with Gasteiger partial charge in [-0.2, -0.15) is 18.2 Å². The fraction of sp³-hybridized carbons (Fsp3) is 0.450. The van der Waals surface area contributed by atoms with Crippen LogP contribution in [0.1, 0.15) is 6.92 Å². The van der Waals surface area contributed by atoms with Crippen LogP contribution in [0.15, 0.2) is 23.3 Å². The van der Waals surface area contributed by atoms with E-state index in [-0.39, 0.29) is 30.1 Å². The Morgan fingerprint density at radius 3 is 2.57 bits per heavy atom. The van der Waals surface area contributed by atoms with Crippen LogP contribution in [0.5, 0.6) is 12.0 Å². The molecule has 0 aromatic carbocycles. The van der Waals surface area contributed by atoms with Crippen molar-refractivity contribution < 1.29 is 27.5 Å². The van der Waals surface area contributed by atoms with Gasteiger partial charge >= 0.3 is 24.2 Å². The fourth-order valence-corrected chi connectivity index (χ4v) is 3.64. The maximum Gasteiger partial charge on any atom is 0.493 e. The summed E-state index contributed by atoms with van der Waals surface area (Å²) in [7, 11) is 1.38. The second-order valence-corrected chi connectivity index (χ2v) is 7.45. The lowest BCUT2D eigenvalue weighted by molar-refractivity contribution is -0.203. The summed E-state index contributed by atoms with van der Waals surface area (Å²) in [6, 6.07) is 1.10. The topological polar surface area (TPSA) is 118 Å². The van der Waals surface area contributed by atoms with Crippen molar-refractivity contribution in [2.75, 3.05) is 42.7 Å². The van der Waals surface area contributed by atoms with Crippen molar-refractivity contribution in [3.05, 3.63) is 28.8 Å². The Labute approximate surface area is 197 Å². The zero-order valence-electron chi connectivity index (χ0n) is 18.7. The van der Waals surface area contributed by atoms with Gasteiger partial charge in [0.15, 0.2) is 12.0 Å². The number of anilines is 2. The van der Waals surface area contributed by atoms with Crippen LogP contribution in [0.4, 0.5) is 24.7 Å². The molecule has 12 nitrogen and oxygen atoms in total. The van der Waals surface area contributed by atoms with Gasteiger partial charge in [0.05, 0.1) is 6.54 Å². The van der Waals surface area contributed by atoms with Crippen molar-refractivity contribution in [1.82, 2.24) is 29.7 Å². The van der Waals surface area contributed by atoms with Crippen LogP contribution in [-0.4, -0.2) is 75.6 Å². The molecule has 35 heavy (non-hydrogen) atoms. The Balaban J connectivity index is 1.85. The van der Waals surface area contributed by atoms with E-state index in [4.69, 9.17) is 9.57 Å². The minimum Gasteiger partial charge on any atom is -0.390 e. The van der Waals surface area contributed by atoms with Gasteiger partial charge in [-0.25, -0.2) is 14.8 Å². The number of carbonyl (C=O) groups excluding carboxylic acids is 1. The van der Waals surface area contributed by atoms with Gasteiger partial charge in [0.25, 0.3) is 5.56 Å². The zero-order valence-corrected chi connectivity index (χ0v) is 18.7. The van der Waals surface area contributed by atoms with Gasteiger partial charge in [-0.3, -0.25) is 14.3 Å². The summed E-state index contributed by atoms with van der Waals surface area (Å²) < 4.78 is 46.1. The number of hydroxylamine groups is 1. The second-order valence-electron chi connectivity index (χ2n) is 7.45. The Bertz CT molecular complexity index is 1210. The third-order valence-corrected chi connectivity index (χ3v) is 5.23. The Morgan fingerprint density at radius 2 is 1.94 bits per heavy atom. The minimum absolute atomic E-state index is 0.0307. The van der Waals surface area contributed by atoms with E-state index in [2.05, 4.69) is 32.1 Å². The van der Waals surface area contributed by atoms with E-state index in [1.165, 1.54) is 24.3 Å². The standard InChI is InChI=1S/C20H21F3N8O4/c1-3-4-10-30-13-14(27-18(28(2)15(13)32)34-17-25-6-5-7-26-17)31(35-16(33)20(21,22)23)19(30)29-11-8-24-9-12-29/h5-7,19,24H,8-12H2,1-2H3. The average molecular weight is 494 g/mol. The Kier molecular flexibility index (Phi) is 6.76. The Hall–Kier alpha value is -3.90. The number of fused-ring (bicyclic) bond motifs is 1. The van der Waals surface area contributed by atoms with E-state index >= 15 is 0 Å². The average Bonchev–Trinajstić information content (AvgIpc) is 3.14. The first-order valence-corrected chi connectivity index (χ1v) is 10.5. The number of halogens is 3. The molecule has 2 aliphatic heterocycles. The maximum atomic E-state index is 13.4. The molecule has 0 radical (unpaired) electrons. The normalized spacial score (nSPS) is 18.0. The number of carbonyl (C=O) groups is 1. The van der Waals surface area contributed by atoms with E-state index < -0.39 is 24.0 Å². The molecule has 1 atom stereocenters. The highest BCUT2D eigenvalue weighted by atomic mass is 19.4. The molecule has 0 spiro atoms. The number of aromatic nitrogens is 4. The first kappa shape index (κ1) is 24.2. The molecule has 1 unspecified atom stereocenters. The van der Waals surface area contributed by atoms with Crippen LogP contribution in [0.2, 0.25) is 0 Å². The molecular weight excluding hydrogens is 473 g/mol. The smallest absolute Gasteiger partial charge is 0.390 e. The van der Waals surface area contributed by atoms with E-state index in [1.807, 2.05) is 0 Å². The summed E-state index contributed by atoms with van der Waals surface area (Å²) in [5.74, 6) is 2.75. The highest BCUT2D eigenvalue weighted by Crippen LogP contribution is 2.39. The summed E-state index contributed by atoms with van der Waals surface area (Å²) in [4.78, 5) is 45.3. The molecule has 0 amide bonds. The molecule has 2 aromatic rings. The number of rotatable bonds is 5. The van der Waals surface area contributed by atoms with Crippen LogP contribution in [0, 0.1) is 11.8 Å². The van der Waals surface area contributed by atoms with Crippen molar-refractivity contribution in [1.29, 1.82) is 0 Å². The monoisotopic (exact) mass is 494 g/mol. The van der Waals surface area contributed by atoms with Crippen molar-refractivity contribution in [2.45, 2.75) is 19.4 Å². The van der Waals surface area contributed by atoms with Crippen LogP contribution < -0.4 is 25.6 Å². The molecule has 186 valence electrons. The fourth-order valence-electron chi connectivity index (χ4n) is 3.64. The van der Waals surface area contributed by atoms with Gasteiger partial charge in [-0.05, 0) is 13.0 Å². The third kappa shape index (κ3) is 4.84. The number of hydrogen-bond donors (Lipinski definition) is 1. The number of nitrogens with one attached hydrogen (secondary N) is 1. The van der Waals surface area contributed by atoms with Gasteiger partial charge in [0.1, 0.15) is 0 Å². The molecule has 2 aliphatic rings. The summed E-state index contributed by atoms with van der Waals surface area (Å²) in [5.41, 5.74) is -0.736. The van der Waals surface area contributed by atoms with Gasteiger partial charge in [0, 0.05) is 45.6 Å². The number of alkyl halides is 3. The number of nitrogens with zero attached hydrogens (tertiary/aromatic N) is 7. The van der Waals surface area contributed by atoms with E-state index in [0.29, 0.717) is 31.2 Å². The maximum absolute atomic E-state index is 13.4. The van der Waals surface area contributed by atoms with Crippen molar-refractivity contribution in [3.63, 3.8) is 0 Å². The molecule has 1 N–H and O–H groups in total. The molecular formula is C20H21F3N8O4. The lowest BCUT2D eigenvalue weighted by Crippen LogP contribution is -2.61. The van der Waals surface area contributed by atoms with Gasteiger partial charge in [-0.1, -0.05) is 5.92 Å². The molecule has 1 saturated heterocycles. The zero-order chi connectivity index (χ0) is 25.2. The summed E-state index contributed by atoms with van der Waals surface area (Å²) in [6.07, 6.45) is -3.57. The lowest BCUT2D eigenvalue weighted by atomic mass is 10.3. The van der Waals surface area contributed by atoms with E-state index in [9.17, 15) is 22.8 Å². The highest BCUT2D eigenvalue weighted by Gasteiger charge is 2.50. The van der Waals surface area contributed by atoms with Crippen LogP contribution in [0.25, 0.3) is 0 Å². The van der Waals surface area contributed by atoms with Gasteiger partial charge < -0.3 is 19.8 Å². The van der Waals surface area contributed by atoms with Crippen molar-refractivity contribution in [3.8, 4) is 23.9 Å². The summed E-state index contributed by atoms with van der Waals surface area (Å²) >= 11 is 0. The van der Waals surface area contributed by atoms with Gasteiger partial charge in [0.2, 0.25) is 5.82 Å². The Morgan fingerprint density at radius 1 is 1.26 bits per heavy atom. The third-order valence-electron chi connectivity index (χ3n) is 5.23. The van der Waals surface area contributed by atoms with E-state index in [1.54, 1.807) is 17.9 Å². The molecule has 4 rings (SSSR count). The number of hydrogen-bond acceptors (Lipinski definition) is 11. The lowest BCUT2D eigenvalue weighted by Gasteiger charge is -2.40. The van der Waals surface area contributed by atoms with E-state index in [0.717, 1.165) is 4.57 Å². The molecule has 0 aliphatic carbocycles. The molecule has 0 saturated carbocycles. The minimum atomic E-state index is -5.28. The highest BCUT2D eigenvalue weighted by molar-refractivity contribution is 5.80. The predicted molar refractivity (Wildman–Crippen MR) is 115 cm³/mol. The molecule has 15 heteroatoms. The second kappa shape index (κ2) is 9.76. The van der Waals surface area contributed by atoms with Crippen molar-refractivity contribution >= 4 is 17.5 Å². The first-order chi connectivity index (χ1) is 16.7. The van der Waals surface area contributed by atoms with Crippen molar-refractivity contribution in [2.24, 2.45) is 7.05 Å². The molecule has 1 fully saturated rings. The largest absolute Gasteiger partial charge is 0.493 e. The van der Waals surface area contributed by atoms with Crippen LogP contribution in [0.3, 0.4) is 0 Å². The number of ether oxygens (including phenoxy) is 1. The molecule has 4 heterocycles. The van der Waals surface area contributed by atoms with Crippen LogP contribution >= 0.6 is 0 Å². The molecule has 2 aromatic heterocycles. The summed E-state index contributed by atoms with van der Waals surface area (Å²) in [5, 5.41) is 3.83.